The van der Waals surface area contributed by atoms with E-state index >= 15 is 0 Å². The predicted octanol–water partition coefficient (Wildman–Crippen LogP) is 4.15. The molecular weight excluding hydrogens is 262 g/mol. The van der Waals surface area contributed by atoms with Crippen molar-refractivity contribution in [3.05, 3.63) is 46.0 Å². The molecule has 0 aliphatic heterocycles. The molecule has 1 heterocycles. The lowest BCUT2D eigenvalue weighted by Crippen LogP contribution is -1.95. The van der Waals surface area contributed by atoms with Crippen molar-refractivity contribution in [1.82, 2.24) is 9.97 Å². The van der Waals surface area contributed by atoms with Crippen molar-refractivity contribution in [1.29, 1.82) is 0 Å². The maximum atomic E-state index is 13.2. The molecule has 0 atom stereocenters. The second-order valence-electron chi connectivity index (χ2n) is 3.52. The lowest BCUT2D eigenvalue weighted by atomic mass is 10.2. The fourth-order valence-corrected chi connectivity index (χ4v) is 1.89. The molecule has 88 valence electrons. The lowest BCUT2D eigenvalue weighted by molar-refractivity contribution is 0.628. The number of halogens is 3. The number of rotatable bonds is 2. The quantitative estimate of drug-likeness (QED) is 0.767. The summed E-state index contributed by atoms with van der Waals surface area (Å²) in [6.45, 7) is 1.96. The zero-order valence-corrected chi connectivity index (χ0v) is 10.6. The van der Waals surface area contributed by atoms with Crippen LogP contribution in [0.3, 0.4) is 0 Å². The summed E-state index contributed by atoms with van der Waals surface area (Å²) in [6.07, 6.45) is 0.734. The van der Waals surface area contributed by atoms with Crippen molar-refractivity contribution >= 4 is 23.2 Å². The third kappa shape index (κ3) is 2.93. The smallest absolute Gasteiger partial charge is 0.161 e. The average molecular weight is 271 g/mol. The van der Waals surface area contributed by atoms with Crippen LogP contribution in [-0.2, 0) is 6.42 Å². The topological polar surface area (TPSA) is 25.8 Å². The van der Waals surface area contributed by atoms with Gasteiger partial charge in [-0.25, -0.2) is 14.4 Å². The van der Waals surface area contributed by atoms with Gasteiger partial charge in [-0.15, -0.1) is 0 Å². The molecule has 1 aromatic carbocycles. The Hall–Kier alpha value is -1.19. The fraction of sp³-hybridized carbons (Fsp3) is 0.167. The molecule has 0 saturated heterocycles. The summed E-state index contributed by atoms with van der Waals surface area (Å²) in [4.78, 5) is 8.35. The average Bonchev–Trinajstić information content (AvgIpc) is 2.26. The van der Waals surface area contributed by atoms with Crippen LogP contribution in [0.25, 0.3) is 11.4 Å². The van der Waals surface area contributed by atoms with Crippen molar-refractivity contribution in [2.75, 3.05) is 0 Å². The highest BCUT2D eigenvalue weighted by atomic mass is 35.5. The van der Waals surface area contributed by atoms with Crippen LogP contribution in [0, 0.1) is 5.82 Å². The number of aryl methyl sites for hydroxylation is 1. The zero-order valence-electron chi connectivity index (χ0n) is 9.04. The summed E-state index contributed by atoms with van der Waals surface area (Å²) in [6, 6.07) is 5.86. The molecule has 5 heteroatoms. The second kappa shape index (κ2) is 4.98. The normalized spacial score (nSPS) is 10.6. The minimum Gasteiger partial charge on any atom is -0.233 e. The maximum absolute atomic E-state index is 13.2. The highest BCUT2D eigenvalue weighted by molar-refractivity contribution is 6.31. The van der Waals surface area contributed by atoms with Gasteiger partial charge >= 0.3 is 0 Å². The van der Waals surface area contributed by atoms with Crippen LogP contribution in [0.5, 0.6) is 0 Å². The number of benzene rings is 1. The molecule has 0 amide bonds. The Balaban J connectivity index is 2.55. The minimum absolute atomic E-state index is 0.307. The molecule has 2 rings (SSSR count). The van der Waals surface area contributed by atoms with E-state index in [0.717, 1.165) is 12.1 Å². The summed E-state index contributed by atoms with van der Waals surface area (Å²) < 4.78 is 13.2. The SMILES string of the molecule is CCc1cc(Cl)nc(-c2cc(F)cc(Cl)c2)n1. The highest BCUT2D eigenvalue weighted by Gasteiger charge is 2.07. The van der Waals surface area contributed by atoms with Crippen LogP contribution >= 0.6 is 23.2 Å². The van der Waals surface area contributed by atoms with Crippen molar-refractivity contribution in [2.24, 2.45) is 0 Å². The molecule has 0 bridgehead atoms. The number of aromatic nitrogens is 2. The summed E-state index contributed by atoms with van der Waals surface area (Å²) in [5.74, 6) is -0.0372. The van der Waals surface area contributed by atoms with Gasteiger partial charge in [0.15, 0.2) is 5.82 Å². The molecule has 0 fully saturated rings. The van der Waals surface area contributed by atoms with Crippen LogP contribution in [-0.4, -0.2) is 9.97 Å². The van der Waals surface area contributed by atoms with E-state index in [1.54, 1.807) is 12.1 Å². The van der Waals surface area contributed by atoms with E-state index in [1.807, 2.05) is 6.92 Å². The van der Waals surface area contributed by atoms with Gasteiger partial charge in [0.1, 0.15) is 11.0 Å². The zero-order chi connectivity index (χ0) is 12.4. The van der Waals surface area contributed by atoms with Crippen molar-refractivity contribution in [3.63, 3.8) is 0 Å². The third-order valence-corrected chi connectivity index (χ3v) is 2.64. The van der Waals surface area contributed by atoms with Gasteiger partial charge in [-0.2, -0.15) is 0 Å². The molecule has 2 aromatic rings. The third-order valence-electron chi connectivity index (χ3n) is 2.23. The van der Waals surface area contributed by atoms with E-state index < -0.39 is 5.82 Å². The first kappa shape index (κ1) is 12.3. The van der Waals surface area contributed by atoms with Gasteiger partial charge < -0.3 is 0 Å². The first-order chi connectivity index (χ1) is 8.08. The lowest BCUT2D eigenvalue weighted by Gasteiger charge is -2.04. The Morgan fingerprint density at radius 3 is 2.53 bits per heavy atom. The summed E-state index contributed by atoms with van der Waals surface area (Å²) >= 11 is 11.7. The van der Waals surface area contributed by atoms with Gasteiger partial charge in [0.05, 0.1) is 0 Å². The van der Waals surface area contributed by atoms with E-state index in [1.165, 1.54) is 12.1 Å². The van der Waals surface area contributed by atoms with Crippen molar-refractivity contribution in [3.8, 4) is 11.4 Å². The molecule has 0 saturated carbocycles. The Morgan fingerprint density at radius 1 is 1.12 bits per heavy atom. The van der Waals surface area contributed by atoms with Crippen LogP contribution < -0.4 is 0 Å². The largest absolute Gasteiger partial charge is 0.233 e. The number of hydrogen-bond donors (Lipinski definition) is 0. The predicted molar refractivity (Wildman–Crippen MR) is 66.8 cm³/mol. The standard InChI is InChI=1S/C12H9Cl2FN2/c1-2-10-6-11(14)17-12(16-10)7-3-8(13)5-9(15)4-7/h3-6H,2H2,1H3. The van der Waals surface area contributed by atoms with E-state index in [0.29, 0.717) is 21.6 Å². The van der Waals surface area contributed by atoms with Gasteiger partial charge in [-0.05, 0) is 30.7 Å². The van der Waals surface area contributed by atoms with Crippen LogP contribution in [0.2, 0.25) is 10.2 Å². The van der Waals surface area contributed by atoms with E-state index in [-0.39, 0.29) is 0 Å². The molecule has 0 spiro atoms. The molecular formula is C12H9Cl2FN2. The monoisotopic (exact) mass is 270 g/mol. The number of nitrogens with zero attached hydrogens (tertiary/aromatic N) is 2. The van der Waals surface area contributed by atoms with Crippen LogP contribution in [0.4, 0.5) is 4.39 Å². The van der Waals surface area contributed by atoms with Crippen molar-refractivity contribution < 1.29 is 4.39 Å². The highest BCUT2D eigenvalue weighted by Crippen LogP contribution is 2.23. The van der Waals surface area contributed by atoms with E-state index in [4.69, 9.17) is 23.2 Å². The first-order valence-corrected chi connectivity index (χ1v) is 5.84. The van der Waals surface area contributed by atoms with Gasteiger partial charge in [0.25, 0.3) is 0 Å². The molecule has 0 unspecified atom stereocenters. The summed E-state index contributed by atoms with van der Waals surface area (Å²) in [5.41, 5.74) is 1.33. The molecule has 0 aliphatic carbocycles. The Kier molecular flexibility index (Phi) is 3.60. The molecule has 0 aliphatic rings. The first-order valence-electron chi connectivity index (χ1n) is 5.08. The molecule has 2 nitrogen and oxygen atoms in total. The summed E-state index contributed by atoms with van der Waals surface area (Å²) in [7, 11) is 0. The minimum atomic E-state index is -0.422. The van der Waals surface area contributed by atoms with Crippen LogP contribution in [0.1, 0.15) is 12.6 Å². The van der Waals surface area contributed by atoms with E-state index in [2.05, 4.69) is 9.97 Å². The van der Waals surface area contributed by atoms with Crippen LogP contribution in [0.15, 0.2) is 24.3 Å². The van der Waals surface area contributed by atoms with E-state index in [9.17, 15) is 4.39 Å². The maximum Gasteiger partial charge on any atom is 0.161 e. The van der Waals surface area contributed by atoms with Gasteiger partial charge in [0, 0.05) is 16.3 Å². The van der Waals surface area contributed by atoms with Gasteiger partial charge in [0.2, 0.25) is 0 Å². The Labute approximate surface area is 108 Å². The molecule has 1 aromatic heterocycles. The van der Waals surface area contributed by atoms with Crippen molar-refractivity contribution in [2.45, 2.75) is 13.3 Å². The molecule has 0 radical (unpaired) electrons. The molecule has 17 heavy (non-hydrogen) atoms. The Bertz CT molecular complexity index is 538. The summed E-state index contributed by atoms with van der Waals surface area (Å²) in [5, 5.41) is 0.647. The van der Waals surface area contributed by atoms with Gasteiger partial charge in [-0.1, -0.05) is 30.1 Å². The Morgan fingerprint density at radius 2 is 1.88 bits per heavy atom. The fourth-order valence-electron chi connectivity index (χ4n) is 1.46. The molecule has 0 N–H and O–H groups in total. The van der Waals surface area contributed by atoms with Gasteiger partial charge in [-0.3, -0.25) is 0 Å². The second-order valence-corrected chi connectivity index (χ2v) is 4.34. The number of hydrogen-bond acceptors (Lipinski definition) is 2.